The summed E-state index contributed by atoms with van der Waals surface area (Å²) in [5, 5.41) is 3.36. The van der Waals surface area contributed by atoms with Crippen LogP contribution in [0.3, 0.4) is 0 Å². The molecule has 1 aromatic rings. The lowest BCUT2D eigenvalue weighted by Crippen LogP contribution is -2.49. The van der Waals surface area contributed by atoms with Crippen LogP contribution in [0.25, 0.3) is 0 Å². The third-order valence-electron chi connectivity index (χ3n) is 5.50. The van der Waals surface area contributed by atoms with Gasteiger partial charge >= 0.3 is 0 Å². The van der Waals surface area contributed by atoms with E-state index in [4.69, 9.17) is 0 Å². The minimum atomic E-state index is -3.34. The van der Waals surface area contributed by atoms with Gasteiger partial charge in [-0.15, -0.1) is 12.4 Å². The molecule has 2 heterocycles. The van der Waals surface area contributed by atoms with Crippen LogP contribution in [0.4, 0.5) is 0 Å². The number of halogens is 1. The number of fused-ring (bicyclic) bond motifs is 1. The number of piperazine rings is 1. The summed E-state index contributed by atoms with van der Waals surface area (Å²) >= 11 is 0. The molecule has 1 aliphatic carbocycles. The summed E-state index contributed by atoms with van der Waals surface area (Å²) < 4.78 is 27.6. The zero-order valence-electron chi connectivity index (χ0n) is 13.9. The van der Waals surface area contributed by atoms with E-state index in [1.165, 1.54) is 11.1 Å². The van der Waals surface area contributed by atoms with Crippen LogP contribution < -0.4 is 5.32 Å². The Kier molecular flexibility index (Phi) is 5.52. The van der Waals surface area contributed by atoms with Crippen LogP contribution in [0.1, 0.15) is 24.0 Å². The first-order valence-electron chi connectivity index (χ1n) is 8.71. The maximum absolute atomic E-state index is 13.0. The fraction of sp³-hybridized carbons (Fsp3) is 0.647. The number of benzene rings is 1. The third kappa shape index (κ3) is 3.35. The molecule has 1 atom stereocenters. The Morgan fingerprint density at radius 1 is 1.04 bits per heavy atom. The Labute approximate surface area is 150 Å². The first-order valence-corrected chi connectivity index (χ1v) is 10.2. The fourth-order valence-electron chi connectivity index (χ4n) is 4.13. The second-order valence-corrected chi connectivity index (χ2v) is 8.81. The van der Waals surface area contributed by atoms with E-state index in [1.54, 1.807) is 10.4 Å². The monoisotopic (exact) mass is 371 g/mol. The molecular weight excluding hydrogens is 346 g/mol. The smallest absolute Gasteiger partial charge is 0.243 e. The second-order valence-electron chi connectivity index (χ2n) is 6.88. The van der Waals surface area contributed by atoms with E-state index in [-0.39, 0.29) is 12.4 Å². The molecule has 0 spiro atoms. The summed E-state index contributed by atoms with van der Waals surface area (Å²) in [7, 11) is -3.34. The molecule has 4 rings (SSSR count). The Morgan fingerprint density at radius 2 is 1.79 bits per heavy atom. The molecule has 1 aromatic carbocycles. The Balaban J connectivity index is 0.00000169. The molecule has 0 radical (unpaired) electrons. The Morgan fingerprint density at radius 3 is 2.58 bits per heavy atom. The summed E-state index contributed by atoms with van der Waals surface area (Å²) in [6.07, 6.45) is 4.20. The lowest BCUT2D eigenvalue weighted by molar-refractivity contribution is 0.179. The van der Waals surface area contributed by atoms with Gasteiger partial charge in [0.25, 0.3) is 0 Å². The maximum Gasteiger partial charge on any atom is 0.243 e. The minimum Gasteiger partial charge on any atom is -0.314 e. The Hall–Kier alpha value is -0.660. The van der Waals surface area contributed by atoms with Gasteiger partial charge in [0.2, 0.25) is 10.0 Å². The maximum atomic E-state index is 13.0. The highest BCUT2D eigenvalue weighted by Gasteiger charge is 2.35. The predicted molar refractivity (Wildman–Crippen MR) is 97.3 cm³/mol. The Bertz CT molecular complexity index is 689. The summed E-state index contributed by atoms with van der Waals surface area (Å²) in [6.45, 7) is 5.35. The van der Waals surface area contributed by atoms with Gasteiger partial charge in [0.15, 0.2) is 0 Å². The molecule has 3 aliphatic rings. The lowest BCUT2D eigenvalue weighted by Gasteiger charge is -2.32. The number of hydrogen-bond acceptors (Lipinski definition) is 4. The van der Waals surface area contributed by atoms with E-state index in [2.05, 4.69) is 10.2 Å². The summed E-state index contributed by atoms with van der Waals surface area (Å²) in [5.41, 5.74) is 2.55. The van der Waals surface area contributed by atoms with Crippen LogP contribution in [0.15, 0.2) is 23.1 Å². The molecule has 0 aromatic heterocycles. The van der Waals surface area contributed by atoms with Gasteiger partial charge in [0.1, 0.15) is 0 Å². The number of sulfonamides is 1. The van der Waals surface area contributed by atoms with Crippen molar-refractivity contribution in [3.05, 3.63) is 29.3 Å². The SMILES string of the molecule is Cl.O=S(=O)(c1ccc2c(c1)CCC2)N1CCC(N2CCNCC2)C1. The van der Waals surface area contributed by atoms with E-state index in [9.17, 15) is 8.42 Å². The van der Waals surface area contributed by atoms with Crippen molar-refractivity contribution in [2.24, 2.45) is 0 Å². The van der Waals surface area contributed by atoms with Crippen LogP contribution >= 0.6 is 12.4 Å². The third-order valence-corrected chi connectivity index (χ3v) is 7.36. The standard InChI is InChI=1S/C17H25N3O2S.ClH/c21-23(22,17-5-4-14-2-1-3-15(14)12-17)20-9-6-16(13-20)19-10-7-18-8-11-19;/h4-5,12,16,18H,1-3,6-11,13H2;1H. The van der Waals surface area contributed by atoms with Crippen molar-refractivity contribution < 1.29 is 8.42 Å². The zero-order chi connectivity index (χ0) is 15.9. The molecule has 1 unspecified atom stereocenters. The van der Waals surface area contributed by atoms with Gasteiger partial charge in [-0.05, 0) is 48.9 Å². The van der Waals surface area contributed by atoms with Crippen LogP contribution in [-0.2, 0) is 22.9 Å². The predicted octanol–water partition coefficient (Wildman–Crippen LogP) is 1.27. The summed E-state index contributed by atoms with van der Waals surface area (Å²) in [4.78, 5) is 2.92. The number of rotatable bonds is 3. The highest BCUT2D eigenvalue weighted by molar-refractivity contribution is 7.89. The van der Waals surface area contributed by atoms with E-state index < -0.39 is 10.0 Å². The van der Waals surface area contributed by atoms with Gasteiger partial charge in [-0.2, -0.15) is 4.31 Å². The van der Waals surface area contributed by atoms with Gasteiger partial charge in [0.05, 0.1) is 4.90 Å². The van der Waals surface area contributed by atoms with Crippen LogP contribution in [0.5, 0.6) is 0 Å². The lowest BCUT2D eigenvalue weighted by atomic mass is 10.1. The molecule has 5 nitrogen and oxygen atoms in total. The van der Waals surface area contributed by atoms with Gasteiger partial charge < -0.3 is 5.32 Å². The van der Waals surface area contributed by atoms with Crippen molar-refractivity contribution in [3.63, 3.8) is 0 Å². The first kappa shape index (κ1) is 18.1. The highest BCUT2D eigenvalue weighted by atomic mass is 35.5. The molecule has 2 saturated heterocycles. The van der Waals surface area contributed by atoms with Crippen molar-refractivity contribution >= 4 is 22.4 Å². The number of hydrogen-bond donors (Lipinski definition) is 1. The topological polar surface area (TPSA) is 52.7 Å². The quantitative estimate of drug-likeness (QED) is 0.869. The van der Waals surface area contributed by atoms with E-state index in [0.29, 0.717) is 24.0 Å². The normalized spacial score (nSPS) is 25.4. The van der Waals surface area contributed by atoms with Crippen LogP contribution in [0, 0.1) is 0 Å². The van der Waals surface area contributed by atoms with E-state index in [1.807, 2.05) is 12.1 Å². The van der Waals surface area contributed by atoms with Gasteiger partial charge in [0, 0.05) is 45.3 Å². The molecule has 134 valence electrons. The largest absolute Gasteiger partial charge is 0.314 e. The summed E-state index contributed by atoms with van der Waals surface area (Å²) in [5.74, 6) is 0. The van der Waals surface area contributed by atoms with Crippen LogP contribution in [0.2, 0.25) is 0 Å². The molecule has 2 fully saturated rings. The molecule has 0 amide bonds. The van der Waals surface area contributed by atoms with Crippen molar-refractivity contribution in [1.82, 2.24) is 14.5 Å². The van der Waals surface area contributed by atoms with E-state index in [0.717, 1.165) is 51.9 Å². The zero-order valence-corrected chi connectivity index (χ0v) is 15.5. The molecular formula is C17H26ClN3O2S. The minimum absolute atomic E-state index is 0. The molecule has 2 aliphatic heterocycles. The first-order chi connectivity index (χ1) is 11.1. The van der Waals surface area contributed by atoms with Gasteiger partial charge in [-0.3, -0.25) is 4.90 Å². The van der Waals surface area contributed by atoms with Crippen molar-refractivity contribution in [3.8, 4) is 0 Å². The second kappa shape index (κ2) is 7.30. The molecule has 1 N–H and O–H groups in total. The summed E-state index contributed by atoms with van der Waals surface area (Å²) in [6, 6.07) is 6.10. The molecule has 7 heteroatoms. The fourth-order valence-corrected chi connectivity index (χ4v) is 5.68. The molecule has 0 bridgehead atoms. The van der Waals surface area contributed by atoms with Crippen molar-refractivity contribution in [2.75, 3.05) is 39.3 Å². The number of aryl methyl sites for hydroxylation is 2. The highest BCUT2D eigenvalue weighted by Crippen LogP contribution is 2.28. The average molecular weight is 372 g/mol. The van der Waals surface area contributed by atoms with E-state index >= 15 is 0 Å². The molecule has 0 saturated carbocycles. The number of nitrogens with zero attached hydrogens (tertiary/aromatic N) is 2. The molecule has 24 heavy (non-hydrogen) atoms. The number of nitrogens with one attached hydrogen (secondary N) is 1. The van der Waals surface area contributed by atoms with Gasteiger partial charge in [-0.25, -0.2) is 8.42 Å². The van der Waals surface area contributed by atoms with Crippen molar-refractivity contribution in [2.45, 2.75) is 36.6 Å². The van der Waals surface area contributed by atoms with Crippen molar-refractivity contribution in [1.29, 1.82) is 0 Å². The van der Waals surface area contributed by atoms with Gasteiger partial charge in [-0.1, -0.05) is 6.07 Å². The van der Waals surface area contributed by atoms with Crippen LogP contribution in [-0.4, -0.2) is 62.9 Å². The average Bonchev–Trinajstić information content (AvgIpc) is 3.24.